The van der Waals surface area contributed by atoms with Crippen LogP contribution in [-0.2, 0) is 12.6 Å². The minimum absolute atomic E-state index is 0.309. The van der Waals surface area contributed by atoms with Crippen LogP contribution in [0, 0.1) is 5.82 Å². The monoisotopic (exact) mass is 337 g/mol. The lowest BCUT2D eigenvalue weighted by molar-refractivity contribution is -0.137. The van der Waals surface area contributed by atoms with Crippen LogP contribution in [0.15, 0.2) is 53.9 Å². The first-order valence-electron chi connectivity index (χ1n) is 6.78. The summed E-state index contributed by atoms with van der Waals surface area (Å²) >= 11 is 1.34. The number of thiazole rings is 1. The van der Waals surface area contributed by atoms with Crippen LogP contribution in [0.4, 0.5) is 17.6 Å². The number of benzene rings is 2. The molecule has 0 spiro atoms. The summed E-state index contributed by atoms with van der Waals surface area (Å²) in [6, 6.07) is 11.3. The normalized spacial score (nSPS) is 11.7. The Hall–Kier alpha value is -2.21. The van der Waals surface area contributed by atoms with Gasteiger partial charge in [-0.2, -0.15) is 13.2 Å². The van der Waals surface area contributed by atoms with Gasteiger partial charge in [-0.05, 0) is 23.8 Å². The summed E-state index contributed by atoms with van der Waals surface area (Å²) in [7, 11) is 0. The molecule has 0 aliphatic carbocycles. The number of rotatable bonds is 3. The molecule has 0 atom stereocenters. The molecule has 0 fully saturated rings. The molecule has 6 heteroatoms. The number of aromatic nitrogens is 1. The van der Waals surface area contributed by atoms with E-state index in [1.165, 1.54) is 29.5 Å². The molecule has 0 aliphatic heterocycles. The van der Waals surface area contributed by atoms with Crippen LogP contribution in [0.3, 0.4) is 0 Å². The van der Waals surface area contributed by atoms with Crippen molar-refractivity contribution in [2.75, 3.05) is 0 Å². The summed E-state index contributed by atoms with van der Waals surface area (Å²) in [4.78, 5) is 4.38. The third-order valence-electron chi connectivity index (χ3n) is 3.28. The first-order valence-corrected chi connectivity index (χ1v) is 7.66. The second-order valence-electron chi connectivity index (χ2n) is 5.01. The van der Waals surface area contributed by atoms with Crippen LogP contribution in [-0.4, -0.2) is 4.98 Å². The van der Waals surface area contributed by atoms with Crippen molar-refractivity contribution in [3.63, 3.8) is 0 Å². The Kier molecular flexibility index (Phi) is 4.17. The Morgan fingerprint density at radius 2 is 1.78 bits per heavy atom. The summed E-state index contributed by atoms with van der Waals surface area (Å²) < 4.78 is 51.4. The number of alkyl halides is 3. The Balaban J connectivity index is 1.82. The zero-order valence-corrected chi connectivity index (χ0v) is 12.6. The predicted octanol–water partition coefficient (Wildman–Crippen LogP) is 5.56. The summed E-state index contributed by atoms with van der Waals surface area (Å²) in [5, 5.41) is 2.46. The first kappa shape index (κ1) is 15.7. The fraction of sp³-hybridized carbons (Fsp3) is 0.118. The standard InChI is InChI=1S/C17H11F4NS/c18-14-6-2-4-12(9-14)15-10-23-16(22-15)8-11-3-1-5-13(7-11)17(19,20)21/h1-7,9-10H,8H2. The number of halogens is 4. The number of hydrogen-bond donors (Lipinski definition) is 0. The van der Waals surface area contributed by atoms with E-state index in [-0.39, 0.29) is 5.82 Å². The van der Waals surface area contributed by atoms with Crippen molar-refractivity contribution in [2.45, 2.75) is 12.6 Å². The molecule has 1 aromatic heterocycles. The molecule has 0 aliphatic rings. The lowest BCUT2D eigenvalue weighted by Gasteiger charge is -2.07. The molecule has 0 radical (unpaired) electrons. The first-order chi connectivity index (χ1) is 10.9. The number of hydrogen-bond acceptors (Lipinski definition) is 2. The van der Waals surface area contributed by atoms with Gasteiger partial charge in [0.2, 0.25) is 0 Å². The van der Waals surface area contributed by atoms with E-state index in [1.54, 1.807) is 23.6 Å². The molecule has 2 aromatic carbocycles. The van der Waals surface area contributed by atoms with Crippen LogP contribution in [0.25, 0.3) is 11.3 Å². The van der Waals surface area contributed by atoms with E-state index in [4.69, 9.17) is 0 Å². The zero-order chi connectivity index (χ0) is 16.4. The van der Waals surface area contributed by atoms with Crippen molar-refractivity contribution < 1.29 is 17.6 Å². The maximum Gasteiger partial charge on any atom is 0.416 e. The van der Waals surface area contributed by atoms with Crippen molar-refractivity contribution in [3.05, 3.63) is 75.9 Å². The van der Waals surface area contributed by atoms with Crippen molar-refractivity contribution in [3.8, 4) is 11.3 Å². The quantitative estimate of drug-likeness (QED) is 0.570. The fourth-order valence-corrected chi connectivity index (χ4v) is 3.04. The highest BCUT2D eigenvalue weighted by Crippen LogP contribution is 2.30. The molecule has 0 N–H and O–H groups in total. The van der Waals surface area contributed by atoms with Gasteiger partial charge < -0.3 is 0 Å². The van der Waals surface area contributed by atoms with E-state index in [9.17, 15) is 17.6 Å². The smallest absolute Gasteiger partial charge is 0.241 e. The van der Waals surface area contributed by atoms with Gasteiger partial charge >= 0.3 is 6.18 Å². The zero-order valence-electron chi connectivity index (χ0n) is 11.8. The third-order valence-corrected chi connectivity index (χ3v) is 4.13. The maximum absolute atomic E-state index is 13.2. The van der Waals surface area contributed by atoms with Gasteiger partial charge in [-0.3, -0.25) is 0 Å². The van der Waals surface area contributed by atoms with Gasteiger partial charge in [0.15, 0.2) is 0 Å². The van der Waals surface area contributed by atoms with Gasteiger partial charge in [0.05, 0.1) is 16.3 Å². The summed E-state index contributed by atoms with van der Waals surface area (Å²) in [5.74, 6) is -0.352. The van der Waals surface area contributed by atoms with Crippen LogP contribution in [0.1, 0.15) is 16.1 Å². The van der Waals surface area contributed by atoms with Crippen molar-refractivity contribution in [1.29, 1.82) is 0 Å². The molecule has 0 bridgehead atoms. The molecule has 118 valence electrons. The molecule has 0 saturated heterocycles. The third kappa shape index (κ3) is 3.76. The SMILES string of the molecule is Fc1cccc(-c2csc(Cc3cccc(C(F)(F)F)c3)n2)c1. The van der Waals surface area contributed by atoms with Crippen molar-refractivity contribution in [2.24, 2.45) is 0 Å². The minimum Gasteiger partial charge on any atom is -0.241 e. The van der Waals surface area contributed by atoms with E-state index in [0.29, 0.717) is 28.2 Å². The molecule has 1 heterocycles. The molecule has 0 unspecified atom stereocenters. The van der Waals surface area contributed by atoms with Crippen LogP contribution < -0.4 is 0 Å². The largest absolute Gasteiger partial charge is 0.416 e. The maximum atomic E-state index is 13.2. The van der Waals surface area contributed by atoms with E-state index in [2.05, 4.69) is 4.98 Å². The van der Waals surface area contributed by atoms with Gasteiger partial charge in [-0.25, -0.2) is 9.37 Å². The highest BCUT2D eigenvalue weighted by molar-refractivity contribution is 7.10. The Morgan fingerprint density at radius 1 is 1.00 bits per heavy atom. The Bertz CT molecular complexity index is 823. The van der Waals surface area contributed by atoms with Crippen molar-refractivity contribution >= 4 is 11.3 Å². The topological polar surface area (TPSA) is 12.9 Å². The predicted molar refractivity (Wildman–Crippen MR) is 81.8 cm³/mol. The highest BCUT2D eigenvalue weighted by atomic mass is 32.1. The number of nitrogens with zero attached hydrogens (tertiary/aromatic N) is 1. The fourth-order valence-electron chi connectivity index (χ4n) is 2.20. The lowest BCUT2D eigenvalue weighted by atomic mass is 10.1. The van der Waals surface area contributed by atoms with Gasteiger partial charge in [0.25, 0.3) is 0 Å². The van der Waals surface area contributed by atoms with Gasteiger partial charge in [-0.1, -0.05) is 30.3 Å². The molecule has 0 amide bonds. The molecule has 3 rings (SSSR count). The van der Waals surface area contributed by atoms with Crippen LogP contribution in [0.2, 0.25) is 0 Å². The lowest BCUT2D eigenvalue weighted by Crippen LogP contribution is -2.05. The van der Waals surface area contributed by atoms with Crippen LogP contribution >= 0.6 is 11.3 Å². The molecule has 23 heavy (non-hydrogen) atoms. The highest BCUT2D eigenvalue weighted by Gasteiger charge is 2.30. The second-order valence-corrected chi connectivity index (χ2v) is 5.95. The van der Waals surface area contributed by atoms with Crippen molar-refractivity contribution in [1.82, 2.24) is 4.98 Å². The summed E-state index contributed by atoms with van der Waals surface area (Å²) in [6.45, 7) is 0. The molecule has 1 nitrogen and oxygen atoms in total. The molecular formula is C17H11F4NS. The summed E-state index contributed by atoms with van der Waals surface area (Å²) in [6.07, 6.45) is -4.05. The van der Waals surface area contributed by atoms with E-state index >= 15 is 0 Å². The average molecular weight is 337 g/mol. The molecular weight excluding hydrogens is 326 g/mol. The molecule has 0 saturated carbocycles. The second kappa shape index (κ2) is 6.12. The van der Waals surface area contributed by atoms with Gasteiger partial charge in [0.1, 0.15) is 5.82 Å². The van der Waals surface area contributed by atoms with E-state index < -0.39 is 11.7 Å². The summed E-state index contributed by atoms with van der Waals surface area (Å²) in [5.41, 5.74) is 1.14. The Morgan fingerprint density at radius 3 is 2.52 bits per heavy atom. The Labute approximate surface area is 134 Å². The average Bonchev–Trinajstić information content (AvgIpc) is 2.95. The van der Waals surface area contributed by atoms with Gasteiger partial charge in [0, 0.05) is 17.4 Å². The molecule has 3 aromatic rings. The minimum atomic E-state index is -4.36. The van der Waals surface area contributed by atoms with E-state index in [0.717, 1.165) is 12.1 Å². The van der Waals surface area contributed by atoms with E-state index in [1.807, 2.05) is 0 Å². The van der Waals surface area contributed by atoms with Crippen LogP contribution in [0.5, 0.6) is 0 Å². The van der Waals surface area contributed by atoms with Gasteiger partial charge in [-0.15, -0.1) is 11.3 Å².